The van der Waals surface area contributed by atoms with Crippen LogP contribution in [0.15, 0.2) is 30.5 Å². The number of esters is 1. The Kier molecular flexibility index (Phi) is 4.95. The van der Waals surface area contributed by atoms with Crippen molar-refractivity contribution in [1.82, 2.24) is 9.88 Å². The van der Waals surface area contributed by atoms with Crippen LogP contribution in [0.3, 0.4) is 0 Å². The van der Waals surface area contributed by atoms with Crippen LogP contribution < -0.4 is 0 Å². The van der Waals surface area contributed by atoms with E-state index in [-0.39, 0.29) is 5.91 Å². The van der Waals surface area contributed by atoms with Crippen molar-refractivity contribution in [3.8, 4) is 11.1 Å². The first-order valence-electron chi connectivity index (χ1n) is 8.55. The third-order valence-corrected chi connectivity index (χ3v) is 4.59. The summed E-state index contributed by atoms with van der Waals surface area (Å²) < 4.78 is 18.9. The van der Waals surface area contributed by atoms with Gasteiger partial charge in [-0.25, -0.2) is 9.78 Å². The zero-order valence-corrected chi connectivity index (χ0v) is 16.3. The first kappa shape index (κ1) is 19.3. The van der Waals surface area contributed by atoms with Crippen molar-refractivity contribution in [2.75, 3.05) is 0 Å². The van der Waals surface area contributed by atoms with Gasteiger partial charge in [-0.05, 0) is 44.9 Å². The number of nitrogens with zero attached hydrogens (tertiary/aromatic N) is 2. The molecule has 0 saturated carbocycles. The molecular formula is C20H20ClFN2O3. The quantitative estimate of drug-likeness (QED) is 0.581. The average Bonchev–Trinajstić information content (AvgIpc) is 2.91. The third-order valence-electron chi connectivity index (χ3n) is 4.29. The lowest BCUT2D eigenvalue weighted by molar-refractivity contribution is -0.159. The van der Waals surface area contributed by atoms with Crippen LogP contribution in [0.2, 0.25) is 5.02 Å². The summed E-state index contributed by atoms with van der Waals surface area (Å²) in [5.74, 6) is -1.37. The molecule has 0 saturated heterocycles. The maximum Gasteiger partial charge on any atom is 0.329 e. The van der Waals surface area contributed by atoms with Gasteiger partial charge in [0.15, 0.2) is 0 Å². The number of pyridine rings is 1. The van der Waals surface area contributed by atoms with Crippen LogP contribution in [0, 0.1) is 5.95 Å². The molecule has 7 heteroatoms. The van der Waals surface area contributed by atoms with Gasteiger partial charge in [0.1, 0.15) is 11.6 Å². The van der Waals surface area contributed by atoms with Gasteiger partial charge in [0.2, 0.25) is 5.95 Å². The van der Waals surface area contributed by atoms with Gasteiger partial charge in [-0.3, -0.25) is 4.79 Å². The molecule has 0 spiro atoms. The summed E-state index contributed by atoms with van der Waals surface area (Å²) in [7, 11) is 0. The van der Waals surface area contributed by atoms with Crippen LogP contribution in [-0.2, 0) is 16.1 Å². The summed E-state index contributed by atoms with van der Waals surface area (Å²) in [6.45, 7) is 7.30. The van der Waals surface area contributed by atoms with Crippen molar-refractivity contribution >= 4 is 23.5 Å². The SMILES string of the molecule is CC(C(=O)OC(C)(C)C)N1Cc2ccc(-c3cc(F)ncc3Cl)cc2C1=O. The smallest absolute Gasteiger partial charge is 0.329 e. The van der Waals surface area contributed by atoms with E-state index < -0.39 is 23.6 Å². The summed E-state index contributed by atoms with van der Waals surface area (Å²) in [6, 6.07) is 5.74. The van der Waals surface area contributed by atoms with Crippen LogP contribution in [-0.4, -0.2) is 33.4 Å². The van der Waals surface area contributed by atoms with E-state index in [0.717, 1.165) is 5.56 Å². The molecule has 1 unspecified atom stereocenters. The topological polar surface area (TPSA) is 59.5 Å². The zero-order chi connectivity index (χ0) is 19.9. The van der Waals surface area contributed by atoms with E-state index in [9.17, 15) is 14.0 Å². The molecule has 2 heterocycles. The minimum atomic E-state index is -0.713. The normalized spacial score (nSPS) is 14.9. The minimum absolute atomic E-state index is 0.268. The molecule has 0 aliphatic carbocycles. The summed E-state index contributed by atoms with van der Waals surface area (Å²) in [6.07, 6.45) is 1.23. The number of halogens is 2. The lowest BCUT2D eigenvalue weighted by atomic mass is 10.0. The molecule has 1 aromatic carbocycles. The first-order chi connectivity index (χ1) is 12.6. The van der Waals surface area contributed by atoms with Gasteiger partial charge in [-0.2, -0.15) is 4.39 Å². The van der Waals surface area contributed by atoms with Gasteiger partial charge in [-0.1, -0.05) is 23.7 Å². The highest BCUT2D eigenvalue weighted by Gasteiger charge is 2.36. The number of benzene rings is 1. The molecular weight excluding hydrogens is 371 g/mol. The molecule has 0 radical (unpaired) electrons. The highest BCUT2D eigenvalue weighted by Crippen LogP contribution is 2.33. The monoisotopic (exact) mass is 390 g/mol. The number of hydrogen-bond donors (Lipinski definition) is 0. The second kappa shape index (κ2) is 6.93. The number of fused-ring (bicyclic) bond motifs is 1. The molecule has 27 heavy (non-hydrogen) atoms. The molecule has 0 bridgehead atoms. The average molecular weight is 391 g/mol. The van der Waals surface area contributed by atoms with Gasteiger partial charge in [0.25, 0.3) is 5.91 Å². The second-order valence-corrected chi connectivity index (χ2v) is 7.91. The Hall–Kier alpha value is -2.47. The van der Waals surface area contributed by atoms with Crippen molar-refractivity contribution in [3.05, 3.63) is 52.6 Å². The number of hydrogen-bond acceptors (Lipinski definition) is 4. The van der Waals surface area contributed by atoms with Crippen LogP contribution >= 0.6 is 11.6 Å². The van der Waals surface area contributed by atoms with Crippen molar-refractivity contribution in [1.29, 1.82) is 0 Å². The fourth-order valence-corrected chi connectivity index (χ4v) is 3.16. The van der Waals surface area contributed by atoms with Crippen LogP contribution in [0.4, 0.5) is 4.39 Å². The van der Waals surface area contributed by atoms with Gasteiger partial charge in [-0.15, -0.1) is 0 Å². The summed E-state index contributed by atoms with van der Waals surface area (Å²) >= 11 is 6.11. The Bertz CT molecular complexity index is 924. The predicted molar refractivity (Wildman–Crippen MR) is 99.8 cm³/mol. The Morgan fingerprint density at radius 1 is 1.30 bits per heavy atom. The summed E-state index contributed by atoms with van der Waals surface area (Å²) in [5, 5.41) is 0.292. The number of carbonyl (C=O) groups is 2. The number of aromatic nitrogens is 1. The number of carbonyl (C=O) groups excluding carboxylic acids is 2. The van der Waals surface area contributed by atoms with E-state index in [2.05, 4.69) is 4.98 Å². The molecule has 0 N–H and O–H groups in total. The fraction of sp³-hybridized carbons (Fsp3) is 0.350. The first-order valence-corrected chi connectivity index (χ1v) is 8.93. The standard InChI is InChI=1S/C20H20ClFN2O3/c1-11(19(26)27-20(2,3)4)24-10-13-6-5-12(7-15(13)18(24)25)14-8-17(22)23-9-16(14)21/h5-9,11H,10H2,1-4H3. The zero-order valence-electron chi connectivity index (χ0n) is 15.5. The van der Waals surface area contributed by atoms with E-state index in [0.29, 0.717) is 28.3 Å². The molecule has 142 valence electrons. The number of amides is 1. The van der Waals surface area contributed by atoms with Crippen molar-refractivity contribution < 1.29 is 18.7 Å². The van der Waals surface area contributed by atoms with Crippen molar-refractivity contribution in [2.24, 2.45) is 0 Å². The molecule has 2 aromatic rings. The third kappa shape index (κ3) is 3.95. The fourth-order valence-electron chi connectivity index (χ4n) is 2.95. The Morgan fingerprint density at radius 2 is 2.00 bits per heavy atom. The van der Waals surface area contributed by atoms with Crippen LogP contribution in [0.1, 0.15) is 43.6 Å². The van der Waals surface area contributed by atoms with Crippen molar-refractivity contribution in [3.63, 3.8) is 0 Å². The summed E-state index contributed by atoms with van der Waals surface area (Å²) in [5.41, 5.74) is 1.70. The van der Waals surface area contributed by atoms with E-state index in [1.807, 2.05) is 0 Å². The largest absolute Gasteiger partial charge is 0.458 e. The van der Waals surface area contributed by atoms with E-state index in [4.69, 9.17) is 16.3 Å². The Balaban J connectivity index is 1.88. The molecule has 1 aliphatic heterocycles. The van der Waals surface area contributed by atoms with Crippen LogP contribution in [0.5, 0.6) is 0 Å². The van der Waals surface area contributed by atoms with Gasteiger partial charge >= 0.3 is 5.97 Å². The molecule has 1 aromatic heterocycles. The summed E-state index contributed by atoms with van der Waals surface area (Å²) in [4.78, 5) is 30.2. The lowest BCUT2D eigenvalue weighted by Gasteiger charge is -2.27. The minimum Gasteiger partial charge on any atom is -0.458 e. The second-order valence-electron chi connectivity index (χ2n) is 7.50. The van der Waals surface area contributed by atoms with Gasteiger partial charge < -0.3 is 9.64 Å². The lowest BCUT2D eigenvalue weighted by Crippen LogP contribution is -2.42. The molecule has 0 fully saturated rings. The van der Waals surface area contributed by atoms with Gasteiger partial charge in [0.05, 0.1) is 5.02 Å². The molecule has 1 atom stereocenters. The highest BCUT2D eigenvalue weighted by molar-refractivity contribution is 6.33. The molecule has 3 rings (SSSR count). The molecule has 5 nitrogen and oxygen atoms in total. The van der Waals surface area contributed by atoms with E-state index in [1.165, 1.54) is 17.2 Å². The van der Waals surface area contributed by atoms with Crippen LogP contribution in [0.25, 0.3) is 11.1 Å². The van der Waals surface area contributed by atoms with Gasteiger partial charge in [0, 0.05) is 29.9 Å². The van der Waals surface area contributed by atoms with E-state index in [1.54, 1.807) is 45.9 Å². The van der Waals surface area contributed by atoms with E-state index >= 15 is 0 Å². The molecule has 1 aliphatic rings. The Morgan fingerprint density at radius 3 is 2.67 bits per heavy atom. The van der Waals surface area contributed by atoms with Crippen molar-refractivity contribution in [2.45, 2.75) is 45.9 Å². The Labute approximate surface area is 162 Å². The highest BCUT2D eigenvalue weighted by atomic mass is 35.5. The molecule has 1 amide bonds. The number of ether oxygens (including phenoxy) is 1. The maximum absolute atomic E-state index is 13.5. The predicted octanol–water partition coefficient (Wildman–Crippen LogP) is 4.23. The maximum atomic E-state index is 13.5. The number of rotatable bonds is 3.